The van der Waals surface area contributed by atoms with Crippen LogP contribution >= 0.6 is 0 Å². The van der Waals surface area contributed by atoms with Crippen molar-refractivity contribution in [3.63, 3.8) is 0 Å². The van der Waals surface area contributed by atoms with Crippen LogP contribution in [-0.4, -0.2) is 27.9 Å². The monoisotopic (exact) mass is 228 g/mol. The first-order chi connectivity index (χ1) is 7.60. The van der Waals surface area contributed by atoms with E-state index in [0.29, 0.717) is 12.0 Å². The van der Waals surface area contributed by atoms with Gasteiger partial charge in [-0.3, -0.25) is 14.3 Å². The Kier molecular flexibility index (Phi) is 4.45. The molecule has 1 rings (SSSR count). The molecule has 0 aliphatic rings. The van der Waals surface area contributed by atoms with Crippen LogP contribution in [0.5, 0.6) is 0 Å². The Labute approximate surface area is 92.5 Å². The third kappa shape index (κ3) is 2.80. The van der Waals surface area contributed by atoms with E-state index in [1.807, 2.05) is 6.92 Å². The molecule has 1 aromatic heterocycles. The van der Waals surface area contributed by atoms with Crippen LogP contribution in [0.4, 0.5) is 0 Å². The molecule has 0 aliphatic heterocycles. The van der Waals surface area contributed by atoms with E-state index < -0.39 is 17.5 Å². The summed E-state index contributed by atoms with van der Waals surface area (Å²) in [6.45, 7) is 3.53. The lowest BCUT2D eigenvalue weighted by atomic mass is 10.3. The summed E-state index contributed by atoms with van der Waals surface area (Å²) >= 11 is 0. The molecule has 90 valence electrons. The maximum absolute atomic E-state index is 11.5. The summed E-state index contributed by atoms with van der Waals surface area (Å²) in [5, 5.41) is 8.66. The number of rotatable bonds is 5. The SMILES string of the molecule is CCC(OCCO)n1cc(C)c(=O)[nH]c1=O. The second-order valence-corrected chi connectivity index (χ2v) is 3.44. The van der Waals surface area contributed by atoms with Crippen LogP contribution in [0.15, 0.2) is 15.8 Å². The Bertz CT molecular complexity index is 449. The summed E-state index contributed by atoms with van der Waals surface area (Å²) in [6, 6.07) is 0. The second kappa shape index (κ2) is 5.62. The lowest BCUT2D eigenvalue weighted by molar-refractivity contribution is -0.0200. The largest absolute Gasteiger partial charge is 0.394 e. The Morgan fingerprint density at radius 2 is 2.25 bits per heavy atom. The topological polar surface area (TPSA) is 84.3 Å². The van der Waals surface area contributed by atoms with E-state index in [4.69, 9.17) is 9.84 Å². The predicted molar refractivity (Wildman–Crippen MR) is 58.4 cm³/mol. The normalized spacial score (nSPS) is 12.7. The lowest BCUT2D eigenvalue weighted by Gasteiger charge is -2.18. The zero-order chi connectivity index (χ0) is 12.1. The fourth-order valence-corrected chi connectivity index (χ4v) is 1.38. The van der Waals surface area contributed by atoms with Crippen molar-refractivity contribution in [1.29, 1.82) is 0 Å². The fraction of sp³-hybridized carbons (Fsp3) is 0.600. The van der Waals surface area contributed by atoms with Crippen LogP contribution in [-0.2, 0) is 4.74 Å². The average Bonchev–Trinajstić information content (AvgIpc) is 2.26. The van der Waals surface area contributed by atoms with Crippen molar-refractivity contribution in [1.82, 2.24) is 9.55 Å². The number of nitrogens with zero attached hydrogens (tertiary/aromatic N) is 1. The molecule has 0 aliphatic carbocycles. The van der Waals surface area contributed by atoms with Crippen molar-refractivity contribution in [2.45, 2.75) is 26.5 Å². The van der Waals surface area contributed by atoms with Crippen LogP contribution < -0.4 is 11.2 Å². The third-order valence-electron chi connectivity index (χ3n) is 2.21. The van der Waals surface area contributed by atoms with Gasteiger partial charge in [-0.15, -0.1) is 0 Å². The smallest absolute Gasteiger partial charge is 0.330 e. The van der Waals surface area contributed by atoms with Gasteiger partial charge in [0.15, 0.2) is 0 Å². The molecule has 1 atom stereocenters. The zero-order valence-electron chi connectivity index (χ0n) is 9.40. The predicted octanol–water partition coefficient (Wildman–Crippen LogP) is -0.237. The van der Waals surface area contributed by atoms with Gasteiger partial charge in [0, 0.05) is 11.8 Å². The summed E-state index contributed by atoms with van der Waals surface area (Å²) in [5.41, 5.74) is -0.440. The Morgan fingerprint density at radius 1 is 1.56 bits per heavy atom. The first-order valence-electron chi connectivity index (χ1n) is 5.14. The highest BCUT2D eigenvalue weighted by atomic mass is 16.5. The molecule has 0 bridgehead atoms. The third-order valence-corrected chi connectivity index (χ3v) is 2.21. The van der Waals surface area contributed by atoms with Gasteiger partial charge in [-0.2, -0.15) is 0 Å². The summed E-state index contributed by atoms with van der Waals surface area (Å²) in [5.74, 6) is 0. The van der Waals surface area contributed by atoms with Crippen LogP contribution in [0, 0.1) is 6.92 Å². The molecule has 0 radical (unpaired) electrons. The lowest BCUT2D eigenvalue weighted by Crippen LogP contribution is -2.34. The van der Waals surface area contributed by atoms with Crippen molar-refractivity contribution in [3.8, 4) is 0 Å². The standard InChI is InChI=1S/C10H16N2O4/c1-3-8(16-5-4-13)12-6-7(2)9(14)11-10(12)15/h6,8,13H,3-5H2,1-2H3,(H,11,14,15). The van der Waals surface area contributed by atoms with Gasteiger partial charge < -0.3 is 9.84 Å². The van der Waals surface area contributed by atoms with E-state index >= 15 is 0 Å². The number of hydrogen-bond acceptors (Lipinski definition) is 4. The quantitative estimate of drug-likeness (QED) is 0.728. The Hall–Kier alpha value is -1.40. The van der Waals surface area contributed by atoms with E-state index in [-0.39, 0.29) is 13.2 Å². The number of ether oxygens (including phenoxy) is 1. The van der Waals surface area contributed by atoms with Crippen LogP contribution in [0.1, 0.15) is 25.1 Å². The second-order valence-electron chi connectivity index (χ2n) is 3.44. The number of aromatic nitrogens is 2. The van der Waals surface area contributed by atoms with E-state index in [0.717, 1.165) is 0 Å². The van der Waals surface area contributed by atoms with E-state index in [1.165, 1.54) is 10.8 Å². The van der Waals surface area contributed by atoms with Gasteiger partial charge in [-0.05, 0) is 13.3 Å². The highest BCUT2D eigenvalue weighted by molar-refractivity contribution is 5.01. The number of aliphatic hydroxyl groups is 1. The van der Waals surface area contributed by atoms with E-state index in [2.05, 4.69) is 4.98 Å². The number of H-pyrrole nitrogens is 1. The summed E-state index contributed by atoms with van der Waals surface area (Å²) in [6.07, 6.45) is 1.58. The van der Waals surface area contributed by atoms with Gasteiger partial charge >= 0.3 is 5.69 Å². The van der Waals surface area contributed by atoms with Crippen molar-refractivity contribution >= 4 is 0 Å². The number of aliphatic hydroxyl groups excluding tert-OH is 1. The molecular formula is C10H16N2O4. The fourth-order valence-electron chi connectivity index (χ4n) is 1.38. The van der Waals surface area contributed by atoms with Gasteiger partial charge in [-0.1, -0.05) is 6.92 Å². The molecular weight excluding hydrogens is 212 g/mol. The molecule has 0 spiro atoms. The number of hydrogen-bond donors (Lipinski definition) is 2. The molecule has 6 heteroatoms. The molecule has 0 fully saturated rings. The molecule has 1 aromatic rings. The molecule has 0 saturated carbocycles. The molecule has 1 unspecified atom stereocenters. The van der Waals surface area contributed by atoms with Gasteiger partial charge in [0.1, 0.15) is 6.23 Å². The van der Waals surface area contributed by atoms with Crippen molar-refractivity contribution in [3.05, 3.63) is 32.6 Å². The highest BCUT2D eigenvalue weighted by Gasteiger charge is 2.11. The van der Waals surface area contributed by atoms with Crippen molar-refractivity contribution in [2.24, 2.45) is 0 Å². The minimum Gasteiger partial charge on any atom is -0.394 e. The number of aryl methyl sites for hydroxylation is 1. The average molecular weight is 228 g/mol. The summed E-state index contributed by atoms with van der Waals surface area (Å²) in [4.78, 5) is 24.9. The van der Waals surface area contributed by atoms with Gasteiger partial charge in [0.05, 0.1) is 13.2 Å². The Balaban J connectivity index is 3.05. The minimum atomic E-state index is -0.500. The Morgan fingerprint density at radius 3 is 2.81 bits per heavy atom. The van der Waals surface area contributed by atoms with Crippen molar-refractivity contribution in [2.75, 3.05) is 13.2 Å². The number of aromatic amines is 1. The minimum absolute atomic E-state index is 0.104. The van der Waals surface area contributed by atoms with Crippen LogP contribution in [0.2, 0.25) is 0 Å². The van der Waals surface area contributed by atoms with Gasteiger partial charge in [-0.25, -0.2) is 4.79 Å². The van der Waals surface area contributed by atoms with E-state index in [1.54, 1.807) is 6.92 Å². The first kappa shape index (κ1) is 12.7. The first-order valence-corrected chi connectivity index (χ1v) is 5.14. The molecule has 0 saturated heterocycles. The zero-order valence-corrected chi connectivity index (χ0v) is 9.40. The molecule has 0 aromatic carbocycles. The molecule has 6 nitrogen and oxygen atoms in total. The maximum Gasteiger partial charge on any atom is 0.330 e. The summed E-state index contributed by atoms with van der Waals surface area (Å²) in [7, 11) is 0. The molecule has 16 heavy (non-hydrogen) atoms. The van der Waals surface area contributed by atoms with Crippen molar-refractivity contribution < 1.29 is 9.84 Å². The van der Waals surface area contributed by atoms with Crippen LogP contribution in [0.3, 0.4) is 0 Å². The van der Waals surface area contributed by atoms with Gasteiger partial charge in [0.2, 0.25) is 0 Å². The molecule has 0 amide bonds. The van der Waals surface area contributed by atoms with Crippen LogP contribution in [0.25, 0.3) is 0 Å². The van der Waals surface area contributed by atoms with Gasteiger partial charge in [0.25, 0.3) is 5.56 Å². The molecule has 1 heterocycles. The maximum atomic E-state index is 11.5. The number of nitrogens with one attached hydrogen (secondary N) is 1. The molecule has 2 N–H and O–H groups in total. The van der Waals surface area contributed by atoms with E-state index in [9.17, 15) is 9.59 Å². The summed E-state index contributed by atoms with van der Waals surface area (Å²) < 4.78 is 6.62. The highest BCUT2D eigenvalue weighted by Crippen LogP contribution is 2.09.